The zero-order chi connectivity index (χ0) is 19.9. The van der Waals surface area contributed by atoms with E-state index in [1.165, 1.54) is 6.42 Å². The summed E-state index contributed by atoms with van der Waals surface area (Å²) in [5.41, 5.74) is 1.01. The number of carboxylic acid groups (broad SMARTS) is 1. The number of piperidine rings is 1. The van der Waals surface area contributed by atoms with E-state index < -0.39 is 12.1 Å². The first-order chi connectivity index (χ1) is 12.7. The second kappa shape index (κ2) is 9.51. The molecule has 1 unspecified atom stereocenters. The fraction of sp³-hybridized carbons (Fsp3) is 0.438. The molecular weight excluding hydrogens is 385 g/mol. The fourth-order valence-electron chi connectivity index (χ4n) is 2.19. The summed E-state index contributed by atoms with van der Waals surface area (Å²) < 4.78 is 37.7. The topological polar surface area (TPSA) is 96.4 Å². The van der Waals surface area contributed by atoms with Crippen LogP contribution in [0.1, 0.15) is 18.5 Å². The second-order valence-electron chi connectivity index (χ2n) is 5.68. The zero-order valence-corrected chi connectivity index (χ0v) is 15.2. The number of anilines is 2. The van der Waals surface area contributed by atoms with Crippen molar-refractivity contribution in [3.63, 3.8) is 0 Å². The van der Waals surface area contributed by atoms with Crippen molar-refractivity contribution in [2.24, 2.45) is 0 Å². The van der Waals surface area contributed by atoms with Gasteiger partial charge in [0, 0.05) is 24.2 Å². The number of hydrogen-bond donors (Lipinski definition) is 3. The van der Waals surface area contributed by atoms with Crippen molar-refractivity contribution >= 4 is 28.3 Å². The van der Waals surface area contributed by atoms with E-state index in [0.29, 0.717) is 0 Å². The minimum Gasteiger partial charge on any atom is -0.489 e. The number of aryl methyl sites for hydroxylation is 1. The number of nitrogens with one attached hydrogen (secondary N) is 2. The molecule has 0 amide bonds. The molecule has 0 aliphatic carbocycles. The molecular formula is C16H19F3N4O3S. The van der Waals surface area contributed by atoms with Crippen LogP contribution in [0.2, 0.25) is 0 Å². The van der Waals surface area contributed by atoms with Gasteiger partial charge in [-0.05, 0) is 32.4 Å². The van der Waals surface area contributed by atoms with Crippen molar-refractivity contribution in [3.8, 4) is 5.75 Å². The molecule has 0 bridgehead atoms. The van der Waals surface area contributed by atoms with E-state index in [0.717, 1.165) is 41.9 Å². The Labute approximate surface area is 157 Å². The minimum absolute atomic E-state index is 0.251. The first-order valence-corrected chi connectivity index (χ1v) is 8.94. The summed E-state index contributed by atoms with van der Waals surface area (Å²) in [6.45, 7) is 3.98. The Morgan fingerprint density at radius 3 is 2.78 bits per heavy atom. The number of pyridine rings is 1. The van der Waals surface area contributed by atoms with Crippen LogP contribution in [-0.4, -0.2) is 46.4 Å². The maximum Gasteiger partial charge on any atom is 0.490 e. The van der Waals surface area contributed by atoms with E-state index in [1.54, 1.807) is 17.5 Å². The van der Waals surface area contributed by atoms with Crippen LogP contribution in [0.15, 0.2) is 23.7 Å². The van der Waals surface area contributed by atoms with E-state index in [2.05, 4.69) is 20.6 Å². The first kappa shape index (κ1) is 20.9. The number of aliphatic carboxylic acids is 1. The molecule has 3 heterocycles. The first-order valence-electron chi connectivity index (χ1n) is 8.06. The van der Waals surface area contributed by atoms with Crippen molar-refractivity contribution in [2.45, 2.75) is 32.0 Å². The summed E-state index contributed by atoms with van der Waals surface area (Å²) in [4.78, 5) is 17.6. The molecule has 0 saturated carbocycles. The average molecular weight is 404 g/mol. The predicted molar refractivity (Wildman–Crippen MR) is 94.6 cm³/mol. The summed E-state index contributed by atoms with van der Waals surface area (Å²) in [7, 11) is 0. The van der Waals surface area contributed by atoms with Crippen LogP contribution in [0.3, 0.4) is 0 Å². The van der Waals surface area contributed by atoms with Gasteiger partial charge in [0.25, 0.3) is 0 Å². The van der Waals surface area contributed by atoms with Crippen LogP contribution in [0.5, 0.6) is 5.75 Å². The Kier molecular flexibility index (Phi) is 7.36. The highest BCUT2D eigenvalue weighted by Crippen LogP contribution is 2.23. The maximum absolute atomic E-state index is 10.6. The van der Waals surface area contributed by atoms with Crippen LogP contribution in [0, 0.1) is 6.92 Å². The number of carbonyl (C=O) groups is 1. The highest BCUT2D eigenvalue weighted by Gasteiger charge is 2.38. The number of hydrogen-bond acceptors (Lipinski definition) is 7. The zero-order valence-electron chi connectivity index (χ0n) is 14.4. The number of ether oxygens (including phenoxy) is 1. The van der Waals surface area contributed by atoms with Crippen LogP contribution >= 0.6 is 11.3 Å². The van der Waals surface area contributed by atoms with Crippen LogP contribution < -0.4 is 15.4 Å². The molecule has 1 aliphatic rings. The third kappa shape index (κ3) is 7.39. The van der Waals surface area contributed by atoms with Crippen LogP contribution in [0.25, 0.3) is 0 Å². The van der Waals surface area contributed by atoms with Gasteiger partial charge in [-0.3, -0.25) is 0 Å². The van der Waals surface area contributed by atoms with Gasteiger partial charge < -0.3 is 20.5 Å². The molecule has 0 radical (unpaired) electrons. The molecule has 3 rings (SSSR count). The third-order valence-corrected chi connectivity index (χ3v) is 4.26. The van der Waals surface area contributed by atoms with Gasteiger partial charge in [0.15, 0.2) is 5.13 Å². The van der Waals surface area contributed by atoms with Crippen molar-refractivity contribution in [3.05, 3.63) is 29.4 Å². The SMILES string of the molecule is Cc1csc(Nc2cc(OC3CCCNC3)ccn2)n1.O=C(O)C(F)(F)F. The largest absolute Gasteiger partial charge is 0.490 e. The number of aromatic nitrogens is 2. The lowest BCUT2D eigenvalue weighted by Gasteiger charge is -2.24. The van der Waals surface area contributed by atoms with Gasteiger partial charge in [0.1, 0.15) is 17.7 Å². The summed E-state index contributed by atoms with van der Waals surface area (Å²) in [5.74, 6) is -1.14. The molecule has 1 fully saturated rings. The van der Waals surface area contributed by atoms with E-state index in [4.69, 9.17) is 14.6 Å². The Morgan fingerprint density at radius 1 is 1.48 bits per heavy atom. The van der Waals surface area contributed by atoms with E-state index in [9.17, 15) is 13.2 Å². The summed E-state index contributed by atoms with van der Waals surface area (Å²) in [5, 5.41) is 16.5. The fourth-order valence-corrected chi connectivity index (χ4v) is 2.88. The molecule has 1 aliphatic heterocycles. The molecule has 11 heteroatoms. The van der Waals surface area contributed by atoms with Crippen molar-refractivity contribution in [1.82, 2.24) is 15.3 Å². The molecule has 3 N–H and O–H groups in total. The summed E-state index contributed by atoms with van der Waals surface area (Å²) in [6, 6.07) is 3.82. The average Bonchev–Trinajstić information content (AvgIpc) is 3.01. The normalized spacial score (nSPS) is 16.8. The number of nitrogens with zero attached hydrogens (tertiary/aromatic N) is 2. The van der Waals surface area contributed by atoms with E-state index in [1.807, 2.05) is 24.4 Å². The van der Waals surface area contributed by atoms with E-state index in [-0.39, 0.29) is 6.10 Å². The Hall–Kier alpha value is -2.40. The molecule has 0 spiro atoms. The number of alkyl halides is 3. The number of carboxylic acids is 1. The second-order valence-corrected chi connectivity index (χ2v) is 6.54. The third-order valence-electron chi connectivity index (χ3n) is 3.38. The van der Waals surface area contributed by atoms with Gasteiger partial charge in [-0.15, -0.1) is 11.3 Å². The van der Waals surface area contributed by atoms with Crippen LogP contribution in [0.4, 0.5) is 24.1 Å². The monoisotopic (exact) mass is 404 g/mol. The Bertz CT molecular complexity index is 749. The van der Waals surface area contributed by atoms with Crippen molar-refractivity contribution in [2.75, 3.05) is 18.4 Å². The van der Waals surface area contributed by atoms with Crippen molar-refractivity contribution in [1.29, 1.82) is 0 Å². The highest BCUT2D eigenvalue weighted by atomic mass is 32.1. The molecule has 1 atom stereocenters. The Morgan fingerprint density at radius 2 is 2.22 bits per heavy atom. The smallest absolute Gasteiger partial charge is 0.489 e. The van der Waals surface area contributed by atoms with Gasteiger partial charge >= 0.3 is 12.1 Å². The molecule has 1 saturated heterocycles. The number of thiazole rings is 1. The maximum atomic E-state index is 10.6. The summed E-state index contributed by atoms with van der Waals surface area (Å²) >= 11 is 1.57. The molecule has 27 heavy (non-hydrogen) atoms. The summed E-state index contributed by atoms with van der Waals surface area (Å²) in [6.07, 6.45) is -0.807. The number of halogens is 3. The number of rotatable bonds is 4. The van der Waals surface area contributed by atoms with Gasteiger partial charge in [0.05, 0.1) is 5.69 Å². The Balaban J connectivity index is 0.000000321. The molecule has 7 nitrogen and oxygen atoms in total. The highest BCUT2D eigenvalue weighted by molar-refractivity contribution is 7.13. The lowest BCUT2D eigenvalue weighted by molar-refractivity contribution is -0.192. The van der Waals surface area contributed by atoms with E-state index >= 15 is 0 Å². The predicted octanol–water partition coefficient (Wildman–Crippen LogP) is 3.35. The minimum atomic E-state index is -5.08. The quantitative estimate of drug-likeness (QED) is 0.719. The molecule has 2 aromatic heterocycles. The van der Waals surface area contributed by atoms with Crippen LogP contribution in [-0.2, 0) is 4.79 Å². The van der Waals surface area contributed by atoms with Gasteiger partial charge in [-0.25, -0.2) is 14.8 Å². The van der Waals surface area contributed by atoms with Gasteiger partial charge in [-0.2, -0.15) is 13.2 Å². The molecule has 2 aromatic rings. The van der Waals surface area contributed by atoms with Gasteiger partial charge in [0.2, 0.25) is 0 Å². The van der Waals surface area contributed by atoms with Gasteiger partial charge in [-0.1, -0.05) is 0 Å². The lowest BCUT2D eigenvalue weighted by Crippen LogP contribution is -2.37. The lowest BCUT2D eigenvalue weighted by atomic mass is 10.1. The standard InChI is InChI=1S/C14H18N4OS.C2HF3O2/c1-10-9-20-14(17-10)18-13-7-11(4-6-16-13)19-12-3-2-5-15-8-12;3-2(4,5)1(6)7/h4,6-7,9,12,15H,2-3,5,8H2,1H3,(H,16,17,18);(H,6,7). The van der Waals surface area contributed by atoms with Crippen molar-refractivity contribution < 1.29 is 27.8 Å². The molecule has 0 aromatic carbocycles. The molecule has 148 valence electrons.